The molecule has 0 radical (unpaired) electrons. The molecule has 21 heavy (non-hydrogen) atoms. The Morgan fingerprint density at radius 3 is 2.52 bits per heavy atom. The third-order valence-electron chi connectivity index (χ3n) is 3.26. The molecule has 0 heterocycles. The highest BCUT2D eigenvalue weighted by atomic mass is 16.5. The molecular weight excluding hydrogens is 270 g/mol. The minimum absolute atomic E-state index is 0.0311. The second kappa shape index (κ2) is 9.13. The van der Waals surface area contributed by atoms with Gasteiger partial charge in [-0.2, -0.15) is 0 Å². The number of aryl methyl sites for hydroxylation is 1. The zero-order valence-electron chi connectivity index (χ0n) is 12.9. The smallest absolute Gasteiger partial charge is 0.325 e. The average molecular weight is 293 g/mol. The largest absolute Gasteiger partial charge is 0.468 e. The Kier molecular flexibility index (Phi) is 7.46. The molecule has 0 spiro atoms. The first-order chi connectivity index (χ1) is 10.1. The molecule has 0 N–H and O–H groups in total. The molecule has 0 unspecified atom stereocenters. The normalized spacial score (nSPS) is 10.2. The van der Waals surface area contributed by atoms with Crippen LogP contribution >= 0.6 is 0 Å². The lowest BCUT2D eigenvalue weighted by atomic mass is 10.1. The third-order valence-corrected chi connectivity index (χ3v) is 3.26. The molecule has 5 nitrogen and oxygen atoms in total. The van der Waals surface area contributed by atoms with Crippen LogP contribution in [-0.4, -0.2) is 44.1 Å². The van der Waals surface area contributed by atoms with Crippen molar-refractivity contribution in [2.75, 3.05) is 27.4 Å². The lowest BCUT2D eigenvalue weighted by Crippen LogP contribution is -2.36. The van der Waals surface area contributed by atoms with Crippen LogP contribution in [0.3, 0.4) is 0 Å². The maximum absolute atomic E-state index is 12.2. The Morgan fingerprint density at radius 2 is 1.90 bits per heavy atom. The first-order valence-electron chi connectivity index (χ1n) is 6.96. The van der Waals surface area contributed by atoms with Crippen molar-refractivity contribution in [2.24, 2.45) is 0 Å². The lowest BCUT2D eigenvalue weighted by Gasteiger charge is -2.22. The molecule has 1 rings (SSSR count). The second-order valence-corrected chi connectivity index (χ2v) is 4.85. The van der Waals surface area contributed by atoms with Gasteiger partial charge in [0.15, 0.2) is 0 Å². The molecule has 0 saturated carbocycles. The molecule has 0 saturated heterocycles. The molecule has 116 valence electrons. The Bertz CT molecular complexity index is 473. The fourth-order valence-corrected chi connectivity index (χ4v) is 1.97. The van der Waals surface area contributed by atoms with Gasteiger partial charge < -0.3 is 14.4 Å². The standard InChI is InChI=1S/C16H23NO4/c1-13-7-4-5-8-14(13)11-17(12-16(19)21-3)15(18)9-6-10-20-2/h4-5,7-8H,6,9-12H2,1-3H3. The van der Waals surface area contributed by atoms with Crippen LogP contribution in [0.5, 0.6) is 0 Å². The molecule has 5 heteroatoms. The van der Waals surface area contributed by atoms with E-state index in [9.17, 15) is 9.59 Å². The summed E-state index contributed by atoms with van der Waals surface area (Å²) < 4.78 is 9.62. The van der Waals surface area contributed by atoms with E-state index < -0.39 is 5.97 Å². The van der Waals surface area contributed by atoms with E-state index in [0.717, 1.165) is 11.1 Å². The number of ether oxygens (including phenoxy) is 2. The van der Waals surface area contributed by atoms with Crippen LogP contribution in [0.1, 0.15) is 24.0 Å². The Morgan fingerprint density at radius 1 is 1.19 bits per heavy atom. The summed E-state index contributed by atoms with van der Waals surface area (Å²) in [5.41, 5.74) is 2.12. The van der Waals surface area contributed by atoms with E-state index in [1.54, 1.807) is 7.11 Å². The molecule has 0 fully saturated rings. The van der Waals surface area contributed by atoms with Crippen LogP contribution < -0.4 is 0 Å². The summed E-state index contributed by atoms with van der Waals surface area (Å²) >= 11 is 0. The van der Waals surface area contributed by atoms with Crippen molar-refractivity contribution in [2.45, 2.75) is 26.3 Å². The van der Waals surface area contributed by atoms with Gasteiger partial charge in [-0.3, -0.25) is 9.59 Å². The summed E-state index contributed by atoms with van der Waals surface area (Å²) in [4.78, 5) is 25.3. The number of esters is 1. The molecular formula is C16H23NO4. The maximum atomic E-state index is 12.2. The highest BCUT2D eigenvalue weighted by molar-refractivity contribution is 5.82. The predicted octanol–water partition coefficient (Wildman–Crippen LogP) is 1.92. The molecule has 0 aliphatic heterocycles. The number of nitrogens with zero attached hydrogens (tertiary/aromatic N) is 1. The number of benzene rings is 1. The topological polar surface area (TPSA) is 55.8 Å². The van der Waals surface area contributed by atoms with Crippen LogP contribution in [0.4, 0.5) is 0 Å². The second-order valence-electron chi connectivity index (χ2n) is 4.85. The van der Waals surface area contributed by atoms with Crippen LogP contribution in [-0.2, 0) is 25.6 Å². The van der Waals surface area contributed by atoms with Crippen LogP contribution in [0.2, 0.25) is 0 Å². The number of carbonyl (C=O) groups excluding carboxylic acids is 2. The number of carbonyl (C=O) groups is 2. The van der Waals surface area contributed by atoms with E-state index in [1.807, 2.05) is 31.2 Å². The van der Waals surface area contributed by atoms with Crippen molar-refractivity contribution in [3.63, 3.8) is 0 Å². The van der Waals surface area contributed by atoms with Crippen molar-refractivity contribution in [3.05, 3.63) is 35.4 Å². The van der Waals surface area contributed by atoms with E-state index in [0.29, 0.717) is 26.0 Å². The summed E-state index contributed by atoms with van der Waals surface area (Å²) in [5, 5.41) is 0. The Balaban J connectivity index is 2.74. The van der Waals surface area contributed by atoms with Gasteiger partial charge in [-0.05, 0) is 24.5 Å². The summed E-state index contributed by atoms with van der Waals surface area (Å²) in [5.74, 6) is -0.482. The van der Waals surface area contributed by atoms with Crippen LogP contribution in [0, 0.1) is 6.92 Å². The SMILES string of the molecule is COCCCC(=O)N(CC(=O)OC)Cc1ccccc1C. The summed E-state index contributed by atoms with van der Waals surface area (Å²) in [6.07, 6.45) is 0.998. The average Bonchev–Trinajstić information content (AvgIpc) is 2.48. The highest BCUT2D eigenvalue weighted by Gasteiger charge is 2.18. The minimum Gasteiger partial charge on any atom is -0.468 e. The molecule has 0 aliphatic rings. The van der Waals surface area contributed by atoms with Gasteiger partial charge in [-0.1, -0.05) is 24.3 Å². The van der Waals surface area contributed by atoms with E-state index in [-0.39, 0.29) is 12.5 Å². The van der Waals surface area contributed by atoms with Gasteiger partial charge in [0.05, 0.1) is 7.11 Å². The van der Waals surface area contributed by atoms with Crippen molar-refractivity contribution < 1.29 is 19.1 Å². The van der Waals surface area contributed by atoms with E-state index in [2.05, 4.69) is 4.74 Å². The summed E-state index contributed by atoms with van der Waals surface area (Å²) in [6, 6.07) is 7.82. The predicted molar refractivity (Wildman–Crippen MR) is 79.7 cm³/mol. The fourth-order valence-electron chi connectivity index (χ4n) is 1.97. The zero-order chi connectivity index (χ0) is 15.7. The lowest BCUT2D eigenvalue weighted by molar-refractivity contribution is -0.147. The summed E-state index contributed by atoms with van der Waals surface area (Å²) in [7, 11) is 2.92. The van der Waals surface area contributed by atoms with Gasteiger partial charge in [0, 0.05) is 26.7 Å². The van der Waals surface area contributed by atoms with Crippen molar-refractivity contribution in [1.82, 2.24) is 4.90 Å². The fraction of sp³-hybridized carbons (Fsp3) is 0.500. The number of hydrogen-bond donors (Lipinski definition) is 0. The monoisotopic (exact) mass is 293 g/mol. The van der Waals surface area contributed by atoms with E-state index >= 15 is 0 Å². The zero-order valence-corrected chi connectivity index (χ0v) is 12.9. The molecule has 1 aromatic carbocycles. The Hall–Kier alpha value is -1.88. The molecule has 0 aromatic heterocycles. The van der Waals surface area contributed by atoms with Gasteiger partial charge in [0.1, 0.15) is 6.54 Å². The third kappa shape index (κ3) is 5.95. The van der Waals surface area contributed by atoms with Gasteiger partial charge in [-0.25, -0.2) is 0 Å². The molecule has 0 aliphatic carbocycles. The number of rotatable bonds is 8. The molecule has 1 amide bonds. The molecule has 0 atom stereocenters. The first-order valence-corrected chi connectivity index (χ1v) is 6.96. The van der Waals surface area contributed by atoms with Crippen LogP contribution in [0.15, 0.2) is 24.3 Å². The van der Waals surface area contributed by atoms with E-state index in [4.69, 9.17) is 4.74 Å². The van der Waals surface area contributed by atoms with Crippen molar-refractivity contribution in [1.29, 1.82) is 0 Å². The maximum Gasteiger partial charge on any atom is 0.325 e. The highest BCUT2D eigenvalue weighted by Crippen LogP contribution is 2.12. The number of methoxy groups -OCH3 is 2. The number of amides is 1. The first kappa shape index (κ1) is 17.2. The number of hydrogen-bond acceptors (Lipinski definition) is 4. The van der Waals surface area contributed by atoms with Gasteiger partial charge in [-0.15, -0.1) is 0 Å². The van der Waals surface area contributed by atoms with Gasteiger partial charge in [0.2, 0.25) is 5.91 Å². The van der Waals surface area contributed by atoms with Crippen molar-refractivity contribution in [3.8, 4) is 0 Å². The van der Waals surface area contributed by atoms with Gasteiger partial charge in [0.25, 0.3) is 0 Å². The minimum atomic E-state index is -0.413. The van der Waals surface area contributed by atoms with E-state index in [1.165, 1.54) is 12.0 Å². The molecule has 1 aromatic rings. The van der Waals surface area contributed by atoms with Crippen molar-refractivity contribution >= 4 is 11.9 Å². The Labute approximate surface area is 125 Å². The summed E-state index contributed by atoms with van der Waals surface area (Å²) in [6.45, 7) is 2.90. The quantitative estimate of drug-likeness (QED) is 0.543. The molecule has 0 bridgehead atoms. The van der Waals surface area contributed by atoms with Crippen LogP contribution in [0.25, 0.3) is 0 Å². The van der Waals surface area contributed by atoms with Gasteiger partial charge >= 0.3 is 5.97 Å².